The summed E-state index contributed by atoms with van der Waals surface area (Å²) in [5, 5.41) is 9.37. The van der Waals surface area contributed by atoms with Crippen molar-refractivity contribution >= 4 is 11.0 Å². The molecule has 1 aromatic heterocycles. The molecule has 1 heterocycles. The molecule has 3 rings (SSSR count). The largest absolute Gasteiger partial charge is 0.388 e. The molecular formula is C15H12F2N2O. The third-order valence-corrected chi connectivity index (χ3v) is 3.22. The molecule has 0 bridgehead atoms. The van der Waals surface area contributed by atoms with Crippen LogP contribution in [0.2, 0.25) is 0 Å². The lowest BCUT2D eigenvalue weighted by molar-refractivity contribution is 0.266. The summed E-state index contributed by atoms with van der Waals surface area (Å²) >= 11 is 0. The molecule has 5 heteroatoms. The zero-order valence-electron chi connectivity index (χ0n) is 10.6. The number of hydrogen-bond acceptors (Lipinski definition) is 2. The summed E-state index contributed by atoms with van der Waals surface area (Å²) in [5.74, 6) is -0.759. The molecule has 3 nitrogen and oxygen atoms in total. The maximum atomic E-state index is 13.7. The van der Waals surface area contributed by atoms with Crippen LogP contribution in [0.3, 0.4) is 0 Å². The van der Waals surface area contributed by atoms with Crippen molar-refractivity contribution in [2.24, 2.45) is 0 Å². The van der Waals surface area contributed by atoms with Crippen molar-refractivity contribution in [3.05, 3.63) is 65.5 Å². The Balaban J connectivity index is 2.09. The van der Waals surface area contributed by atoms with Gasteiger partial charge in [0, 0.05) is 11.6 Å². The number of aliphatic hydroxyl groups is 1. The van der Waals surface area contributed by atoms with Crippen LogP contribution in [0.5, 0.6) is 0 Å². The first-order chi connectivity index (χ1) is 9.69. The first-order valence-electron chi connectivity index (χ1n) is 6.18. The van der Waals surface area contributed by atoms with Crippen molar-refractivity contribution in [1.82, 2.24) is 9.55 Å². The Bertz CT molecular complexity index is 768. The molecule has 20 heavy (non-hydrogen) atoms. The first-order valence-corrected chi connectivity index (χ1v) is 6.18. The van der Waals surface area contributed by atoms with E-state index >= 15 is 0 Å². The number of halogens is 2. The molecule has 0 aliphatic heterocycles. The van der Waals surface area contributed by atoms with Gasteiger partial charge in [0.1, 0.15) is 24.1 Å². The Morgan fingerprint density at radius 3 is 2.65 bits per heavy atom. The van der Waals surface area contributed by atoms with Crippen LogP contribution in [-0.2, 0) is 13.2 Å². The van der Waals surface area contributed by atoms with Crippen molar-refractivity contribution in [1.29, 1.82) is 0 Å². The number of nitrogens with zero attached hydrogens (tertiary/aromatic N) is 2. The monoisotopic (exact) mass is 274 g/mol. The fraction of sp³-hybridized carbons (Fsp3) is 0.133. The minimum absolute atomic E-state index is 0.197. The van der Waals surface area contributed by atoms with Crippen LogP contribution in [0.25, 0.3) is 11.0 Å². The highest BCUT2D eigenvalue weighted by Crippen LogP contribution is 2.19. The average Bonchev–Trinajstić information content (AvgIpc) is 2.80. The van der Waals surface area contributed by atoms with E-state index in [1.54, 1.807) is 4.57 Å². The summed E-state index contributed by atoms with van der Waals surface area (Å²) in [4.78, 5) is 4.29. The molecule has 102 valence electrons. The number of hydrogen-bond donors (Lipinski definition) is 1. The average molecular weight is 274 g/mol. The summed E-state index contributed by atoms with van der Waals surface area (Å²) < 4.78 is 28.4. The van der Waals surface area contributed by atoms with Crippen LogP contribution in [0.1, 0.15) is 11.4 Å². The van der Waals surface area contributed by atoms with Crippen molar-refractivity contribution in [2.45, 2.75) is 13.2 Å². The normalized spacial score (nSPS) is 11.2. The molecule has 0 spiro atoms. The fourth-order valence-corrected chi connectivity index (χ4v) is 2.24. The zero-order chi connectivity index (χ0) is 14.1. The van der Waals surface area contributed by atoms with Crippen LogP contribution in [0.4, 0.5) is 8.78 Å². The zero-order valence-corrected chi connectivity index (χ0v) is 10.6. The van der Waals surface area contributed by atoms with E-state index in [4.69, 9.17) is 0 Å². The van der Waals surface area contributed by atoms with Gasteiger partial charge in [-0.25, -0.2) is 13.8 Å². The first kappa shape index (κ1) is 12.7. The van der Waals surface area contributed by atoms with Gasteiger partial charge < -0.3 is 9.67 Å². The third-order valence-electron chi connectivity index (χ3n) is 3.22. The molecule has 3 aromatic rings. The molecule has 2 aromatic carbocycles. The van der Waals surface area contributed by atoms with Crippen LogP contribution in [-0.4, -0.2) is 14.7 Å². The highest BCUT2D eigenvalue weighted by molar-refractivity contribution is 5.76. The van der Waals surface area contributed by atoms with Gasteiger partial charge in [-0.1, -0.05) is 18.2 Å². The van der Waals surface area contributed by atoms with Gasteiger partial charge in [0.2, 0.25) is 0 Å². The van der Waals surface area contributed by atoms with Crippen LogP contribution >= 0.6 is 0 Å². The van der Waals surface area contributed by atoms with Gasteiger partial charge in [0.25, 0.3) is 0 Å². The smallest absolute Gasteiger partial charge is 0.136 e. The van der Waals surface area contributed by atoms with Crippen molar-refractivity contribution in [2.75, 3.05) is 0 Å². The second-order valence-corrected chi connectivity index (χ2v) is 4.50. The Labute approximate surface area is 114 Å². The fourth-order valence-electron chi connectivity index (χ4n) is 2.24. The molecule has 0 unspecified atom stereocenters. The summed E-state index contributed by atoms with van der Waals surface area (Å²) in [5.41, 5.74) is 1.89. The second kappa shape index (κ2) is 5.02. The molecule has 0 radical (unpaired) electrons. The van der Waals surface area contributed by atoms with Crippen LogP contribution in [0, 0.1) is 11.6 Å². The summed E-state index contributed by atoms with van der Waals surface area (Å²) in [6.45, 7) is -0.0417. The van der Waals surface area contributed by atoms with Crippen molar-refractivity contribution < 1.29 is 13.9 Å². The van der Waals surface area contributed by atoms with Crippen molar-refractivity contribution in [3.63, 3.8) is 0 Å². The number of aliphatic hydroxyl groups excluding tert-OH is 1. The molecular weight excluding hydrogens is 262 g/mol. The lowest BCUT2D eigenvalue weighted by atomic mass is 10.2. The predicted octanol–water partition coefficient (Wildman–Crippen LogP) is 2.86. The van der Waals surface area contributed by atoms with E-state index in [-0.39, 0.29) is 13.2 Å². The highest BCUT2D eigenvalue weighted by Gasteiger charge is 2.12. The Hall–Kier alpha value is -2.27. The number of imidazole rings is 1. The highest BCUT2D eigenvalue weighted by atomic mass is 19.1. The molecule has 0 aliphatic carbocycles. The summed E-state index contributed by atoms with van der Waals surface area (Å²) in [7, 11) is 0. The maximum absolute atomic E-state index is 13.7. The third kappa shape index (κ3) is 2.16. The molecule has 0 amide bonds. The Morgan fingerprint density at radius 1 is 1.10 bits per heavy atom. The van der Waals surface area contributed by atoms with E-state index in [2.05, 4.69) is 4.98 Å². The maximum Gasteiger partial charge on any atom is 0.136 e. The number of aromatic nitrogens is 2. The van der Waals surface area contributed by atoms with Crippen LogP contribution in [0.15, 0.2) is 42.5 Å². The summed E-state index contributed by atoms with van der Waals surface area (Å²) in [6, 6.07) is 10.8. The number of fused-ring (bicyclic) bond motifs is 1. The van der Waals surface area contributed by atoms with E-state index < -0.39 is 11.6 Å². The lowest BCUT2D eigenvalue weighted by Crippen LogP contribution is -2.06. The molecule has 0 saturated carbocycles. The quantitative estimate of drug-likeness (QED) is 0.797. The molecule has 0 fully saturated rings. The second-order valence-electron chi connectivity index (χ2n) is 4.50. The predicted molar refractivity (Wildman–Crippen MR) is 71.1 cm³/mol. The SMILES string of the molecule is OCc1nc2ccccc2n1Cc1ccc(F)cc1F. The van der Waals surface area contributed by atoms with Gasteiger partial charge in [-0.15, -0.1) is 0 Å². The molecule has 0 atom stereocenters. The standard InChI is InChI=1S/C15H12F2N2O/c16-11-6-5-10(12(17)7-11)8-19-14-4-2-1-3-13(14)18-15(19)9-20/h1-7,20H,8-9H2. The number of benzene rings is 2. The topological polar surface area (TPSA) is 38.1 Å². The van der Waals surface area contributed by atoms with Gasteiger partial charge in [-0.3, -0.25) is 0 Å². The van der Waals surface area contributed by atoms with E-state index in [9.17, 15) is 13.9 Å². The molecule has 1 N–H and O–H groups in total. The van der Waals surface area contributed by atoms with Gasteiger partial charge in [-0.2, -0.15) is 0 Å². The molecule has 0 aliphatic rings. The van der Waals surface area contributed by atoms with Gasteiger partial charge >= 0.3 is 0 Å². The number of para-hydroxylation sites is 2. The van der Waals surface area contributed by atoms with E-state index in [0.717, 1.165) is 17.1 Å². The van der Waals surface area contributed by atoms with Crippen LogP contribution < -0.4 is 0 Å². The van der Waals surface area contributed by atoms with Gasteiger partial charge in [0.15, 0.2) is 0 Å². The van der Waals surface area contributed by atoms with E-state index in [0.29, 0.717) is 11.4 Å². The van der Waals surface area contributed by atoms with Gasteiger partial charge in [-0.05, 0) is 18.2 Å². The van der Waals surface area contributed by atoms with Crippen molar-refractivity contribution in [3.8, 4) is 0 Å². The minimum atomic E-state index is -0.607. The van der Waals surface area contributed by atoms with E-state index in [1.165, 1.54) is 12.1 Å². The lowest BCUT2D eigenvalue weighted by Gasteiger charge is -2.09. The Morgan fingerprint density at radius 2 is 1.90 bits per heavy atom. The summed E-state index contributed by atoms with van der Waals surface area (Å²) in [6.07, 6.45) is 0. The number of rotatable bonds is 3. The minimum Gasteiger partial charge on any atom is -0.388 e. The molecule has 0 saturated heterocycles. The van der Waals surface area contributed by atoms with Gasteiger partial charge in [0.05, 0.1) is 17.6 Å². The van der Waals surface area contributed by atoms with E-state index in [1.807, 2.05) is 24.3 Å². The Kier molecular flexibility index (Phi) is 3.20.